The second kappa shape index (κ2) is 6.59. The second-order valence-electron chi connectivity index (χ2n) is 4.75. The number of carbonyl (C=O) groups excluding carboxylic acids is 2. The number of amides is 2. The van der Waals surface area contributed by atoms with Crippen molar-refractivity contribution in [2.24, 2.45) is 5.92 Å². The fourth-order valence-electron chi connectivity index (χ4n) is 2.01. The first-order valence-electron chi connectivity index (χ1n) is 6.11. The first kappa shape index (κ1) is 14.0. The Bertz CT molecular complexity index is 276. The Kier molecular flexibility index (Phi) is 5.41. The van der Waals surface area contributed by atoms with Crippen molar-refractivity contribution >= 4 is 11.8 Å². The van der Waals surface area contributed by atoms with E-state index in [-0.39, 0.29) is 31.8 Å². The minimum atomic E-state index is 0. The summed E-state index contributed by atoms with van der Waals surface area (Å²) in [7, 11) is 1.51. The molecule has 17 heavy (non-hydrogen) atoms. The van der Waals surface area contributed by atoms with Gasteiger partial charge in [-0.2, -0.15) is 0 Å². The third kappa shape index (κ3) is 4.34. The standard InChI is InChI=1S/C12H22N2O3.H2/c1-9(2)13-12(16)10-4-6-14(7-5-10)11(15)8-17-3;/h9-10H,4-8H2,1-3H3,(H,13,16);1H. The molecule has 5 heteroatoms. The summed E-state index contributed by atoms with van der Waals surface area (Å²) in [6.07, 6.45) is 1.49. The topological polar surface area (TPSA) is 58.6 Å². The van der Waals surface area contributed by atoms with Gasteiger partial charge >= 0.3 is 0 Å². The van der Waals surface area contributed by atoms with E-state index in [0.29, 0.717) is 13.1 Å². The molecule has 0 aromatic heterocycles. The highest BCUT2D eigenvalue weighted by atomic mass is 16.5. The monoisotopic (exact) mass is 244 g/mol. The molecule has 0 aromatic rings. The summed E-state index contributed by atoms with van der Waals surface area (Å²) in [5, 5.41) is 2.91. The third-order valence-corrected chi connectivity index (χ3v) is 2.92. The summed E-state index contributed by atoms with van der Waals surface area (Å²) >= 11 is 0. The fourth-order valence-corrected chi connectivity index (χ4v) is 2.01. The van der Waals surface area contributed by atoms with Crippen LogP contribution in [0.25, 0.3) is 0 Å². The molecular formula is C12H24N2O3. The maximum Gasteiger partial charge on any atom is 0.248 e. The minimum Gasteiger partial charge on any atom is -0.375 e. The van der Waals surface area contributed by atoms with Crippen LogP contribution in [0.1, 0.15) is 28.1 Å². The first-order valence-corrected chi connectivity index (χ1v) is 6.11. The number of nitrogens with one attached hydrogen (secondary N) is 1. The molecule has 0 atom stereocenters. The van der Waals surface area contributed by atoms with Gasteiger partial charge in [0.25, 0.3) is 0 Å². The van der Waals surface area contributed by atoms with Crippen LogP contribution in [0.4, 0.5) is 0 Å². The number of nitrogens with zero attached hydrogens (tertiary/aromatic N) is 1. The normalized spacial score (nSPS) is 17.3. The number of rotatable bonds is 4. The first-order chi connectivity index (χ1) is 8.04. The van der Waals surface area contributed by atoms with Crippen LogP contribution < -0.4 is 5.32 Å². The predicted octanol–water partition coefficient (Wildman–Crippen LogP) is 0.642. The zero-order valence-electron chi connectivity index (χ0n) is 10.9. The number of likely N-dealkylation sites (tertiary alicyclic amines) is 1. The average Bonchev–Trinajstić information content (AvgIpc) is 2.28. The van der Waals surface area contributed by atoms with Crippen molar-refractivity contribution in [2.75, 3.05) is 26.8 Å². The van der Waals surface area contributed by atoms with Crippen molar-refractivity contribution < 1.29 is 15.8 Å². The Hall–Kier alpha value is -1.10. The van der Waals surface area contributed by atoms with E-state index in [1.165, 1.54) is 7.11 Å². The fraction of sp³-hybridized carbons (Fsp3) is 0.833. The third-order valence-electron chi connectivity index (χ3n) is 2.92. The van der Waals surface area contributed by atoms with E-state index in [2.05, 4.69) is 5.32 Å². The Morgan fingerprint density at radius 1 is 1.41 bits per heavy atom. The lowest BCUT2D eigenvalue weighted by Crippen LogP contribution is -2.45. The molecule has 100 valence electrons. The molecule has 1 N–H and O–H groups in total. The number of hydrogen-bond acceptors (Lipinski definition) is 3. The summed E-state index contributed by atoms with van der Waals surface area (Å²) in [6, 6.07) is 0.177. The predicted molar refractivity (Wildman–Crippen MR) is 66.6 cm³/mol. The smallest absolute Gasteiger partial charge is 0.248 e. The molecule has 1 fully saturated rings. The second-order valence-corrected chi connectivity index (χ2v) is 4.75. The van der Waals surface area contributed by atoms with E-state index in [9.17, 15) is 9.59 Å². The number of carbonyl (C=O) groups is 2. The Morgan fingerprint density at radius 3 is 2.47 bits per heavy atom. The van der Waals surface area contributed by atoms with E-state index < -0.39 is 0 Å². The zero-order valence-corrected chi connectivity index (χ0v) is 10.9. The van der Waals surface area contributed by atoms with Gasteiger partial charge in [-0.3, -0.25) is 9.59 Å². The number of piperidine rings is 1. The Labute approximate surface area is 104 Å². The van der Waals surface area contributed by atoms with Gasteiger partial charge in [-0.15, -0.1) is 0 Å². The molecular weight excluding hydrogens is 220 g/mol. The van der Waals surface area contributed by atoms with E-state index >= 15 is 0 Å². The highest BCUT2D eigenvalue weighted by Gasteiger charge is 2.27. The van der Waals surface area contributed by atoms with Crippen LogP contribution in [-0.4, -0.2) is 49.6 Å². The minimum absolute atomic E-state index is 0. The molecule has 0 radical (unpaired) electrons. The largest absolute Gasteiger partial charge is 0.375 e. The summed E-state index contributed by atoms with van der Waals surface area (Å²) in [5.74, 6) is 0.165. The van der Waals surface area contributed by atoms with E-state index in [1.807, 2.05) is 13.8 Å². The van der Waals surface area contributed by atoms with E-state index in [4.69, 9.17) is 4.74 Å². The van der Waals surface area contributed by atoms with Gasteiger partial charge in [0.1, 0.15) is 6.61 Å². The van der Waals surface area contributed by atoms with Crippen LogP contribution in [0, 0.1) is 5.92 Å². The summed E-state index contributed by atoms with van der Waals surface area (Å²) in [4.78, 5) is 25.1. The van der Waals surface area contributed by atoms with Gasteiger partial charge in [0.15, 0.2) is 0 Å². The lowest BCUT2D eigenvalue weighted by atomic mass is 9.95. The SMILES string of the molecule is COCC(=O)N1CCC(C(=O)NC(C)C)CC1.[HH]. The zero-order chi connectivity index (χ0) is 12.8. The van der Waals surface area contributed by atoms with Crippen molar-refractivity contribution in [3.63, 3.8) is 0 Å². The molecule has 0 unspecified atom stereocenters. The maximum absolute atomic E-state index is 11.8. The van der Waals surface area contributed by atoms with E-state index in [1.54, 1.807) is 4.90 Å². The Morgan fingerprint density at radius 2 is 2.00 bits per heavy atom. The maximum atomic E-state index is 11.8. The quantitative estimate of drug-likeness (QED) is 0.789. The lowest BCUT2D eigenvalue weighted by Gasteiger charge is -2.31. The number of hydrogen-bond donors (Lipinski definition) is 1. The van der Waals surface area contributed by atoms with Gasteiger partial charge in [-0.05, 0) is 26.7 Å². The van der Waals surface area contributed by atoms with Gasteiger partial charge in [0, 0.05) is 33.6 Å². The van der Waals surface area contributed by atoms with Crippen molar-refractivity contribution in [2.45, 2.75) is 32.7 Å². The van der Waals surface area contributed by atoms with Crippen molar-refractivity contribution in [3.05, 3.63) is 0 Å². The molecule has 0 bridgehead atoms. The molecule has 1 rings (SSSR count). The lowest BCUT2D eigenvalue weighted by molar-refractivity contribution is -0.138. The van der Waals surface area contributed by atoms with Crippen molar-refractivity contribution in [1.29, 1.82) is 0 Å². The summed E-state index contributed by atoms with van der Waals surface area (Å²) in [6.45, 7) is 5.34. The molecule has 2 amide bonds. The van der Waals surface area contributed by atoms with Gasteiger partial charge < -0.3 is 15.0 Å². The van der Waals surface area contributed by atoms with Gasteiger partial charge in [0.2, 0.25) is 11.8 Å². The number of methoxy groups -OCH3 is 1. The van der Waals surface area contributed by atoms with Gasteiger partial charge in [0.05, 0.1) is 0 Å². The summed E-state index contributed by atoms with van der Waals surface area (Å²) in [5.41, 5.74) is 0. The van der Waals surface area contributed by atoms with Crippen LogP contribution in [-0.2, 0) is 14.3 Å². The van der Waals surface area contributed by atoms with Gasteiger partial charge in [-0.25, -0.2) is 0 Å². The molecule has 5 nitrogen and oxygen atoms in total. The number of ether oxygens (including phenoxy) is 1. The highest BCUT2D eigenvalue weighted by Crippen LogP contribution is 2.17. The van der Waals surface area contributed by atoms with Crippen LogP contribution in [0.3, 0.4) is 0 Å². The molecule has 1 heterocycles. The van der Waals surface area contributed by atoms with Crippen LogP contribution >= 0.6 is 0 Å². The molecule has 0 aliphatic carbocycles. The molecule has 1 aliphatic rings. The summed E-state index contributed by atoms with van der Waals surface area (Å²) < 4.78 is 4.81. The van der Waals surface area contributed by atoms with Crippen LogP contribution in [0.5, 0.6) is 0 Å². The van der Waals surface area contributed by atoms with Crippen LogP contribution in [0.2, 0.25) is 0 Å². The van der Waals surface area contributed by atoms with Gasteiger partial charge in [-0.1, -0.05) is 0 Å². The molecule has 1 aliphatic heterocycles. The van der Waals surface area contributed by atoms with E-state index in [0.717, 1.165) is 12.8 Å². The van der Waals surface area contributed by atoms with Crippen molar-refractivity contribution in [3.8, 4) is 0 Å². The molecule has 1 saturated heterocycles. The molecule has 0 aromatic carbocycles. The molecule has 0 saturated carbocycles. The average molecular weight is 244 g/mol. The van der Waals surface area contributed by atoms with Crippen molar-refractivity contribution in [1.82, 2.24) is 10.2 Å². The highest BCUT2D eigenvalue weighted by molar-refractivity contribution is 5.80. The van der Waals surface area contributed by atoms with Crippen LogP contribution in [0.15, 0.2) is 0 Å². The Balaban J connectivity index is 0.00000289. The molecule has 0 spiro atoms.